The van der Waals surface area contributed by atoms with Crippen molar-refractivity contribution in [2.24, 2.45) is 0 Å². The summed E-state index contributed by atoms with van der Waals surface area (Å²) in [5.74, 6) is -2.83. The third-order valence-corrected chi connectivity index (χ3v) is 17.3. The smallest absolute Gasteiger partial charge is 0.174 e. The molecule has 16 N–H and O–H groups in total. The van der Waals surface area contributed by atoms with Crippen molar-refractivity contribution in [1.29, 1.82) is 0 Å². The Hall–Kier alpha value is -14.3. The Labute approximate surface area is 605 Å². The van der Waals surface area contributed by atoms with Crippen LogP contribution in [0.1, 0.15) is 142 Å². The highest BCUT2D eigenvalue weighted by atomic mass is 16.5. The van der Waals surface area contributed by atoms with E-state index >= 15 is 0 Å². The van der Waals surface area contributed by atoms with Gasteiger partial charge >= 0.3 is 0 Å². The zero-order valence-electron chi connectivity index (χ0n) is 56.4. The predicted octanol–water partition coefficient (Wildman–Crippen LogP) is 12.3. The summed E-state index contributed by atoms with van der Waals surface area (Å²) in [6.45, 7) is 0. The Kier molecular flexibility index (Phi) is 21.3. The molecule has 0 radical (unpaired) electrons. The highest BCUT2D eigenvalue weighted by molar-refractivity contribution is 6.05. The van der Waals surface area contributed by atoms with Crippen molar-refractivity contribution in [2.75, 3.05) is 21.3 Å². The lowest BCUT2D eigenvalue weighted by atomic mass is 9.95. The van der Waals surface area contributed by atoms with Crippen molar-refractivity contribution in [3.05, 3.63) is 213 Å². The number of rotatable bonds is 8. The van der Waals surface area contributed by atoms with Gasteiger partial charge in [-0.15, -0.1) is 0 Å². The minimum atomic E-state index is -0.669. The molecule has 5 aliphatic rings. The van der Waals surface area contributed by atoms with Gasteiger partial charge in [0, 0.05) is 60.7 Å². The molecule has 5 aliphatic heterocycles. The van der Waals surface area contributed by atoms with Crippen LogP contribution in [-0.4, -0.2) is 132 Å². The van der Waals surface area contributed by atoms with Crippen LogP contribution in [0.3, 0.4) is 0 Å². The second-order valence-corrected chi connectivity index (χ2v) is 24.5. The molecular weight excluding hydrogens is 1400 g/mol. The van der Waals surface area contributed by atoms with E-state index in [9.17, 15) is 106 Å². The van der Waals surface area contributed by atoms with Crippen molar-refractivity contribution < 1.29 is 144 Å². The Morgan fingerprint density at radius 1 is 0.243 bits per heavy atom. The highest BCUT2D eigenvalue weighted by Gasteiger charge is 2.37. The molecule has 0 spiro atoms. The van der Waals surface area contributed by atoms with E-state index in [1.54, 1.807) is 36.4 Å². The summed E-state index contributed by atoms with van der Waals surface area (Å²) in [7, 11) is 4.28. The molecule has 10 aromatic rings. The number of ether oxygens (including phenoxy) is 8. The lowest BCUT2D eigenvalue weighted by Crippen LogP contribution is -2.21. The van der Waals surface area contributed by atoms with E-state index in [1.165, 1.54) is 124 Å². The predicted molar refractivity (Wildman–Crippen MR) is 372 cm³/mol. The van der Waals surface area contributed by atoms with E-state index in [-0.39, 0.29) is 216 Å². The standard InChI is InChI=1S/3C16H14O6.C15H12O6.C15H12O5/c1-21-14-4-8(2-3-10(14)18)13-7-12(20)16-11(19)5-9(17)6-15(16)22-13;1-21-14-5-9(17)6-15-16(14)12(20)7-13(22-15)8-2-3-10(18)11(19)4-8;1-21-9-5-12(19)16-13(20)7-14(22-15(16)6-9)8-2-3-10(17)11(18)4-8;16-8-4-11(19)15-12(20)6-13(21-14(15)5-8)7-1-2-9(17)10(18)3-7;16-9-3-1-8(2-4-9)13-7-12(19)15-11(18)5-10(17)6-14(15)20-13/h2*2-6,13,17-19H,7H2,1H3;2-6,14,17-19H,7H2,1H3;1-5,13,16-19H,6H2;1-6,13,16-18H,7H2. The zero-order chi connectivity index (χ0) is 77.0. The molecule has 552 valence electrons. The normalized spacial score (nSPS) is 17.0. The fourth-order valence-corrected chi connectivity index (χ4v) is 12.1. The zero-order valence-corrected chi connectivity index (χ0v) is 56.4. The number of phenolic OH excluding ortho intramolecular Hbond substituents is 16. The summed E-state index contributed by atoms with van der Waals surface area (Å²) in [5.41, 5.74) is 3.62. The fourth-order valence-electron chi connectivity index (χ4n) is 12.1. The van der Waals surface area contributed by atoms with Crippen LogP contribution in [0.15, 0.2) is 158 Å². The highest BCUT2D eigenvalue weighted by Crippen LogP contribution is 2.49. The van der Waals surface area contributed by atoms with Crippen LogP contribution >= 0.6 is 0 Å². The molecule has 0 aromatic heterocycles. The molecule has 29 heteroatoms. The van der Waals surface area contributed by atoms with Crippen LogP contribution in [0, 0.1) is 0 Å². The summed E-state index contributed by atoms with van der Waals surface area (Å²) >= 11 is 0. The minimum Gasteiger partial charge on any atom is -0.508 e. The number of aromatic hydroxyl groups is 16. The maximum atomic E-state index is 12.4. The number of fused-ring (bicyclic) bond motifs is 5. The third-order valence-electron chi connectivity index (χ3n) is 17.3. The van der Waals surface area contributed by atoms with E-state index in [2.05, 4.69) is 0 Å². The molecule has 0 aliphatic carbocycles. The molecule has 10 aromatic carbocycles. The molecule has 0 amide bonds. The third kappa shape index (κ3) is 16.2. The Morgan fingerprint density at radius 3 is 0.860 bits per heavy atom. The van der Waals surface area contributed by atoms with E-state index < -0.39 is 30.5 Å². The first-order chi connectivity index (χ1) is 51.0. The molecular formula is C78H66O29. The summed E-state index contributed by atoms with van der Waals surface area (Å²) in [4.78, 5) is 61.0. The molecule has 0 bridgehead atoms. The van der Waals surface area contributed by atoms with Crippen LogP contribution in [-0.2, 0) is 0 Å². The van der Waals surface area contributed by atoms with Crippen LogP contribution in [0.2, 0.25) is 0 Å². The second-order valence-electron chi connectivity index (χ2n) is 24.5. The number of carbonyl (C=O) groups excluding carboxylic acids is 5. The van der Waals surface area contributed by atoms with Gasteiger partial charge in [0.05, 0.1) is 53.4 Å². The van der Waals surface area contributed by atoms with Gasteiger partial charge in [-0.3, -0.25) is 24.0 Å². The molecule has 29 nitrogen and oxygen atoms in total. The largest absolute Gasteiger partial charge is 0.508 e. The summed E-state index contributed by atoms with van der Waals surface area (Å²) in [6, 6.07) is 36.4. The summed E-state index contributed by atoms with van der Waals surface area (Å²) < 4.78 is 43.7. The SMILES string of the molecule is COc1cc(C2CC(=O)c3c(O)cc(O)cc3O2)ccc1O.COc1cc(O)c2c(c1)OC(c1ccc(O)c(O)c1)CC2=O.COc1cc(O)cc2c1C(=O)CC(c1ccc(O)c(O)c1)O2.O=C1CC(c2ccc(O)c(O)c2)Oc2cc(O)cc(O)c21.O=C1CC(c2ccc(O)cc2)Oc2cc(O)cc(O)c21. The summed E-state index contributed by atoms with van der Waals surface area (Å²) in [5, 5.41) is 153. The van der Waals surface area contributed by atoms with Gasteiger partial charge < -0.3 is 120 Å². The summed E-state index contributed by atoms with van der Waals surface area (Å²) in [6.07, 6.45) is -2.78. The number of hydrogen-bond donors (Lipinski definition) is 16. The first kappa shape index (κ1) is 74.0. The lowest BCUT2D eigenvalue weighted by molar-refractivity contribution is 0.0834. The average molecular weight is 1470 g/mol. The molecule has 0 fully saturated rings. The number of benzene rings is 10. The maximum Gasteiger partial charge on any atom is 0.174 e. The van der Waals surface area contributed by atoms with Gasteiger partial charge in [0.15, 0.2) is 74.9 Å². The first-order valence-electron chi connectivity index (χ1n) is 32.2. The number of methoxy groups -OCH3 is 3. The number of hydrogen-bond acceptors (Lipinski definition) is 29. The van der Waals surface area contributed by atoms with Gasteiger partial charge in [-0.25, -0.2) is 0 Å². The van der Waals surface area contributed by atoms with E-state index in [0.29, 0.717) is 33.6 Å². The number of phenols is 16. The monoisotopic (exact) mass is 1470 g/mol. The Bertz CT molecular complexity index is 5090. The fraction of sp³-hybridized carbons (Fsp3) is 0.167. The van der Waals surface area contributed by atoms with Crippen molar-refractivity contribution in [2.45, 2.75) is 62.6 Å². The van der Waals surface area contributed by atoms with Crippen LogP contribution in [0.5, 0.6) is 138 Å². The van der Waals surface area contributed by atoms with Crippen molar-refractivity contribution in [3.8, 4) is 138 Å². The van der Waals surface area contributed by atoms with Crippen LogP contribution in [0.4, 0.5) is 0 Å². The molecule has 5 unspecified atom stereocenters. The van der Waals surface area contributed by atoms with Crippen LogP contribution < -0.4 is 37.9 Å². The van der Waals surface area contributed by atoms with E-state index in [1.807, 2.05) is 0 Å². The lowest BCUT2D eigenvalue weighted by Gasteiger charge is -2.26. The second kappa shape index (κ2) is 30.8. The van der Waals surface area contributed by atoms with Crippen molar-refractivity contribution in [3.63, 3.8) is 0 Å². The van der Waals surface area contributed by atoms with Gasteiger partial charge in [-0.2, -0.15) is 0 Å². The van der Waals surface area contributed by atoms with Gasteiger partial charge in [0.25, 0.3) is 0 Å². The molecule has 107 heavy (non-hydrogen) atoms. The average Bonchev–Trinajstić information content (AvgIpc) is 0.804. The molecule has 5 atom stereocenters. The quantitative estimate of drug-likeness (QED) is 0.0628. The minimum absolute atomic E-state index is 0.0101. The van der Waals surface area contributed by atoms with E-state index in [0.717, 1.165) is 23.8 Å². The van der Waals surface area contributed by atoms with Gasteiger partial charge in [-0.1, -0.05) is 36.4 Å². The topological polar surface area (TPSA) is 483 Å². The maximum absolute atomic E-state index is 12.4. The number of ketones is 5. The Balaban J connectivity index is 0.000000133. The molecule has 5 heterocycles. The number of carbonyl (C=O) groups is 5. The van der Waals surface area contributed by atoms with Gasteiger partial charge in [0.2, 0.25) is 0 Å². The number of Topliss-reactive ketones (excluding diaryl/α,β-unsaturated/α-hetero) is 5. The first-order valence-corrected chi connectivity index (χ1v) is 32.2. The van der Waals surface area contributed by atoms with Crippen molar-refractivity contribution >= 4 is 28.9 Å². The Morgan fingerprint density at radius 2 is 0.523 bits per heavy atom. The van der Waals surface area contributed by atoms with Crippen molar-refractivity contribution in [1.82, 2.24) is 0 Å². The van der Waals surface area contributed by atoms with E-state index in [4.69, 9.17) is 37.9 Å². The van der Waals surface area contributed by atoms with Gasteiger partial charge in [0.1, 0.15) is 150 Å². The molecule has 0 saturated carbocycles. The molecule has 0 saturated heterocycles. The van der Waals surface area contributed by atoms with Gasteiger partial charge in [-0.05, 0) is 88.5 Å². The van der Waals surface area contributed by atoms with Crippen LogP contribution in [0.25, 0.3) is 0 Å². The molecule has 15 rings (SSSR count).